The average Bonchev–Trinajstić information content (AvgIpc) is 3.38. The number of anilines is 1. The number of hydrogen-bond acceptors (Lipinski definition) is 9. The Labute approximate surface area is 199 Å². The van der Waals surface area contributed by atoms with Crippen molar-refractivity contribution in [2.45, 2.75) is 43.6 Å². The predicted molar refractivity (Wildman–Crippen MR) is 128 cm³/mol. The Kier molecular flexibility index (Phi) is 7.63. The van der Waals surface area contributed by atoms with E-state index >= 15 is 0 Å². The highest BCUT2D eigenvalue weighted by atomic mass is 32.2. The smallest absolute Gasteiger partial charge is 0.320 e. The molecule has 12 heteroatoms. The number of rotatable bonds is 10. The zero-order valence-electron chi connectivity index (χ0n) is 18.7. The average molecular weight is 490 g/mol. The van der Waals surface area contributed by atoms with Gasteiger partial charge in [0.2, 0.25) is 0 Å². The van der Waals surface area contributed by atoms with E-state index in [4.69, 9.17) is 26.0 Å². The fourth-order valence-corrected chi connectivity index (χ4v) is 5.58. The summed E-state index contributed by atoms with van der Waals surface area (Å²) in [5, 5.41) is 20.3. The van der Waals surface area contributed by atoms with Crippen LogP contribution in [0.5, 0.6) is 0 Å². The summed E-state index contributed by atoms with van der Waals surface area (Å²) in [5.41, 5.74) is 13.4. The van der Waals surface area contributed by atoms with Crippen molar-refractivity contribution in [3.63, 3.8) is 0 Å². The van der Waals surface area contributed by atoms with E-state index in [1.165, 1.54) is 12.7 Å². The molecule has 11 nitrogen and oxygen atoms in total. The summed E-state index contributed by atoms with van der Waals surface area (Å²) in [6, 6.07) is 8.79. The van der Waals surface area contributed by atoms with Crippen molar-refractivity contribution in [2.75, 3.05) is 23.5 Å². The zero-order chi connectivity index (χ0) is 24.2. The van der Waals surface area contributed by atoms with Gasteiger partial charge in [0.1, 0.15) is 47.7 Å². The fourth-order valence-electron chi connectivity index (χ4n) is 3.93. The molecule has 182 valence electrons. The molecule has 0 bridgehead atoms. The van der Waals surface area contributed by atoms with Gasteiger partial charge < -0.3 is 31.2 Å². The molecule has 6 atom stereocenters. The van der Waals surface area contributed by atoms with Gasteiger partial charge in [-0.25, -0.2) is 15.0 Å². The molecular weight excluding hydrogens is 460 g/mol. The maximum absolute atomic E-state index is 11.2. The lowest BCUT2D eigenvalue weighted by molar-refractivity contribution is -0.138. The minimum Gasteiger partial charge on any atom is -0.480 e. The highest BCUT2D eigenvalue weighted by Gasteiger charge is 2.48. The molecule has 1 aliphatic heterocycles. The second-order valence-electron chi connectivity index (χ2n) is 8.29. The largest absolute Gasteiger partial charge is 0.480 e. The van der Waals surface area contributed by atoms with Crippen LogP contribution in [0.15, 0.2) is 43.0 Å². The molecule has 3 aromatic rings. The maximum atomic E-state index is 11.2. The Balaban J connectivity index is 1.52. The molecule has 1 aromatic carbocycles. The highest BCUT2D eigenvalue weighted by Crippen LogP contribution is 2.35. The Morgan fingerprint density at radius 2 is 2.06 bits per heavy atom. The molecule has 0 amide bonds. The van der Waals surface area contributed by atoms with Crippen molar-refractivity contribution >= 4 is 33.8 Å². The molecule has 1 unspecified atom stereocenters. The van der Waals surface area contributed by atoms with E-state index in [2.05, 4.69) is 15.0 Å². The number of benzene rings is 1. The van der Waals surface area contributed by atoms with E-state index in [9.17, 15) is 9.90 Å². The lowest BCUT2D eigenvalue weighted by Crippen LogP contribution is -2.39. The number of fused-ring (bicyclic) bond motifs is 1. The Hall–Kier alpha value is -2.77. The van der Waals surface area contributed by atoms with E-state index < -0.39 is 36.6 Å². The first-order valence-corrected chi connectivity index (χ1v) is 12.8. The summed E-state index contributed by atoms with van der Waals surface area (Å²) in [6.07, 6.45) is 2.48. The van der Waals surface area contributed by atoms with E-state index in [0.717, 1.165) is 5.56 Å². The standard InChI is InChI=1S/C22H28N6O5S/c1-34(8-7-14(23)22(30)31)10-15-18(32-9-13-5-3-2-4-6-13)17(29)21(33-15)28-12-27-16-19(24)25-11-26-20(16)28/h2-6,11-12,14-15,17-18,21,29H,7-10,23H2,1H3,(H2-,24,25,26,30,31)/p+1/t14-,15+,17+,18+,21+,34?/m0/s1. The third-order valence-corrected chi connectivity index (χ3v) is 7.63. The Bertz CT molecular complexity index is 1120. The molecule has 1 aliphatic rings. The van der Waals surface area contributed by atoms with Gasteiger partial charge in [-0.2, -0.15) is 0 Å². The van der Waals surface area contributed by atoms with Crippen molar-refractivity contribution in [3.05, 3.63) is 48.5 Å². The first-order chi connectivity index (χ1) is 16.3. The number of carboxylic acids is 1. The normalized spacial score (nSPS) is 24.3. The van der Waals surface area contributed by atoms with Gasteiger partial charge in [-0.15, -0.1) is 0 Å². The number of hydrogen-bond donors (Lipinski definition) is 4. The fraction of sp³-hybridized carbons (Fsp3) is 0.455. The summed E-state index contributed by atoms with van der Waals surface area (Å²) in [4.78, 5) is 23.5. The Morgan fingerprint density at radius 3 is 2.79 bits per heavy atom. The van der Waals surface area contributed by atoms with Crippen LogP contribution in [0.2, 0.25) is 0 Å². The number of nitrogens with two attached hydrogens (primary N) is 2. The number of ether oxygens (including phenoxy) is 2. The van der Waals surface area contributed by atoms with E-state index in [1.807, 2.05) is 36.6 Å². The summed E-state index contributed by atoms with van der Waals surface area (Å²) in [5.74, 6) is 0.455. The van der Waals surface area contributed by atoms with Crippen LogP contribution in [-0.4, -0.2) is 77.8 Å². The number of nitrogen functional groups attached to an aromatic ring is 1. The monoisotopic (exact) mass is 489 g/mol. The van der Waals surface area contributed by atoms with Crippen LogP contribution in [0, 0.1) is 0 Å². The van der Waals surface area contributed by atoms with Crippen LogP contribution in [0.25, 0.3) is 11.2 Å². The summed E-state index contributed by atoms with van der Waals surface area (Å²) in [7, 11) is -0.203. The number of imidazole rings is 1. The SMILES string of the molecule is C[S+](CC[C@H](N)C(=O)O)C[C@H]1O[C@@H](n2cnc3c(N)ncnc32)[C@H](O)[C@@H]1OCc1ccccc1. The van der Waals surface area contributed by atoms with Gasteiger partial charge in [0.25, 0.3) is 0 Å². The van der Waals surface area contributed by atoms with Crippen LogP contribution in [0.3, 0.4) is 0 Å². The van der Waals surface area contributed by atoms with E-state index in [-0.39, 0.29) is 16.7 Å². The van der Waals surface area contributed by atoms with Crippen LogP contribution in [0.4, 0.5) is 5.82 Å². The molecule has 0 radical (unpaired) electrons. The second kappa shape index (κ2) is 10.7. The maximum Gasteiger partial charge on any atom is 0.320 e. The topological polar surface area (TPSA) is 172 Å². The van der Waals surface area contributed by atoms with E-state index in [1.54, 1.807) is 4.57 Å². The van der Waals surface area contributed by atoms with Crippen LogP contribution in [-0.2, 0) is 31.8 Å². The van der Waals surface area contributed by atoms with Crippen molar-refractivity contribution in [3.8, 4) is 0 Å². The number of aliphatic carboxylic acids is 1. The van der Waals surface area contributed by atoms with Crippen molar-refractivity contribution < 1.29 is 24.5 Å². The third kappa shape index (κ3) is 5.31. The van der Waals surface area contributed by atoms with Gasteiger partial charge in [-0.1, -0.05) is 30.3 Å². The first kappa shape index (κ1) is 24.4. The molecule has 1 saturated heterocycles. The molecule has 3 heterocycles. The van der Waals surface area contributed by atoms with Gasteiger partial charge >= 0.3 is 5.97 Å². The number of aliphatic hydroxyl groups is 1. The molecular formula is C22H29N6O5S+. The molecule has 4 rings (SSSR count). The van der Waals surface area contributed by atoms with Crippen molar-refractivity contribution in [1.82, 2.24) is 19.5 Å². The Morgan fingerprint density at radius 1 is 1.29 bits per heavy atom. The number of carboxylic acid groups (broad SMARTS) is 1. The molecule has 0 aliphatic carbocycles. The van der Waals surface area contributed by atoms with Crippen LogP contribution >= 0.6 is 0 Å². The quantitative estimate of drug-likeness (QED) is 0.290. The third-order valence-electron chi connectivity index (χ3n) is 5.80. The number of aromatic nitrogens is 4. The molecule has 0 spiro atoms. The highest BCUT2D eigenvalue weighted by molar-refractivity contribution is 7.96. The van der Waals surface area contributed by atoms with Gasteiger partial charge in [0.15, 0.2) is 17.7 Å². The molecule has 0 saturated carbocycles. The second-order valence-corrected chi connectivity index (χ2v) is 10.6. The minimum absolute atomic E-state index is 0.203. The van der Waals surface area contributed by atoms with Crippen molar-refractivity contribution in [1.29, 1.82) is 0 Å². The lowest BCUT2D eigenvalue weighted by atomic mass is 10.1. The zero-order valence-corrected chi connectivity index (χ0v) is 19.5. The number of carbonyl (C=O) groups is 1. The molecule has 6 N–H and O–H groups in total. The lowest BCUT2D eigenvalue weighted by Gasteiger charge is -2.20. The number of nitrogens with zero attached hydrogens (tertiary/aromatic N) is 4. The first-order valence-electron chi connectivity index (χ1n) is 10.8. The van der Waals surface area contributed by atoms with Gasteiger partial charge in [0.05, 0.1) is 19.2 Å². The van der Waals surface area contributed by atoms with E-state index in [0.29, 0.717) is 35.7 Å². The van der Waals surface area contributed by atoms with Crippen LogP contribution in [0.1, 0.15) is 18.2 Å². The summed E-state index contributed by atoms with van der Waals surface area (Å²) >= 11 is 0. The van der Waals surface area contributed by atoms with Crippen molar-refractivity contribution in [2.24, 2.45) is 5.73 Å². The molecule has 34 heavy (non-hydrogen) atoms. The van der Waals surface area contributed by atoms with Gasteiger partial charge in [-0.05, 0) is 16.5 Å². The summed E-state index contributed by atoms with van der Waals surface area (Å²) in [6.45, 7) is 0.316. The summed E-state index contributed by atoms with van der Waals surface area (Å²) < 4.78 is 14.1. The molecule has 1 fully saturated rings. The number of aliphatic hydroxyl groups excluding tert-OH is 1. The molecule has 2 aromatic heterocycles. The van der Waals surface area contributed by atoms with Gasteiger partial charge in [-0.3, -0.25) is 9.36 Å². The predicted octanol–water partition coefficient (Wildman–Crippen LogP) is 0.302. The van der Waals surface area contributed by atoms with Crippen LogP contribution < -0.4 is 11.5 Å². The minimum atomic E-state index is -1.01. The van der Waals surface area contributed by atoms with Gasteiger partial charge in [0, 0.05) is 6.42 Å².